The van der Waals surface area contributed by atoms with Crippen LogP contribution < -0.4 is 0 Å². The molecule has 0 atom stereocenters. The van der Waals surface area contributed by atoms with Crippen molar-refractivity contribution in [2.75, 3.05) is 0 Å². The maximum Gasteiger partial charge on any atom is 0.165 e. The zero-order valence-electron chi connectivity index (χ0n) is 9.41. The third-order valence-corrected chi connectivity index (χ3v) is 2.45. The number of rotatable bonds is 2. The lowest BCUT2D eigenvalue weighted by molar-refractivity contribution is 0.395. The molecule has 18 heavy (non-hydrogen) atoms. The predicted molar refractivity (Wildman–Crippen MR) is 68.5 cm³/mol. The fourth-order valence-electron chi connectivity index (χ4n) is 1.52. The predicted octanol–water partition coefficient (Wildman–Crippen LogP) is 2.68. The van der Waals surface area contributed by atoms with Gasteiger partial charge in [0.2, 0.25) is 0 Å². The molecule has 0 saturated carbocycles. The maximum atomic E-state index is 9.59. The van der Waals surface area contributed by atoms with Gasteiger partial charge in [-0.15, -0.1) is 0 Å². The highest BCUT2D eigenvalue weighted by Gasteiger charge is 2.06. The molecule has 0 bridgehead atoms. The van der Waals surface area contributed by atoms with E-state index in [1.165, 1.54) is 6.07 Å². The minimum absolute atomic E-state index is 0.129. The molecule has 0 saturated heterocycles. The second-order valence-electron chi connectivity index (χ2n) is 3.83. The van der Waals surface area contributed by atoms with Gasteiger partial charge in [-0.05, 0) is 23.8 Å². The number of phenols is 4. The average Bonchev–Trinajstić information content (AvgIpc) is 2.34. The van der Waals surface area contributed by atoms with Gasteiger partial charge in [-0.1, -0.05) is 24.3 Å². The zero-order valence-corrected chi connectivity index (χ0v) is 9.41. The lowest BCUT2D eigenvalue weighted by Crippen LogP contribution is -1.77. The first kappa shape index (κ1) is 11.9. The van der Waals surface area contributed by atoms with Gasteiger partial charge in [0.15, 0.2) is 11.5 Å². The van der Waals surface area contributed by atoms with Gasteiger partial charge in [0.25, 0.3) is 0 Å². The van der Waals surface area contributed by atoms with Crippen molar-refractivity contribution >= 4 is 12.2 Å². The number of hydrogen-bond donors (Lipinski definition) is 4. The molecule has 0 unspecified atom stereocenters. The molecule has 92 valence electrons. The molecule has 4 N–H and O–H groups in total. The van der Waals surface area contributed by atoms with Crippen LogP contribution in [0.1, 0.15) is 11.1 Å². The van der Waals surface area contributed by atoms with E-state index in [1.54, 1.807) is 36.4 Å². The standard InChI is InChI=1S/C14H12O4/c15-11-5-2-9(3-6-11)1-4-10-7-12(16)8-13(17)14(10)18/h1-8,15-18H/b4-1-. The van der Waals surface area contributed by atoms with E-state index in [0.29, 0.717) is 5.56 Å². The topological polar surface area (TPSA) is 80.9 Å². The molecular formula is C14H12O4. The van der Waals surface area contributed by atoms with Crippen LogP contribution >= 0.6 is 0 Å². The SMILES string of the molecule is Oc1ccc(/C=C\c2cc(O)cc(O)c2O)cc1. The van der Waals surface area contributed by atoms with Crippen LogP contribution in [0, 0.1) is 0 Å². The van der Waals surface area contributed by atoms with E-state index in [0.717, 1.165) is 11.6 Å². The summed E-state index contributed by atoms with van der Waals surface area (Å²) >= 11 is 0. The fraction of sp³-hybridized carbons (Fsp3) is 0. The Labute approximate surface area is 104 Å². The molecular weight excluding hydrogens is 232 g/mol. The van der Waals surface area contributed by atoms with Crippen molar-refractivity contribution in [3.63, 3.8) is 0 Å². The van der Waals surface area contributed by atoms with Crippen LogP contribution in [-0.2, 0) is 0 Å². The molecule has 0 aromatic heterocycles. The van der Waals surface area contributed by atoms with Gasteiger partial charge in [0.1, 0.15) is 11.5 Å². The summed E-state index contributed by atoms with van der Waals surface area (Å²) in [4.78, 5) is 0. The van der Waals surface area contributed by atoms with Gasteiger partial charge in [0, 0.05) is 11.6 Å². The molecule has 0 aliphatic heterocycles. The minimum atomic E-state index is -0.375. The molecule has 4 heteroatoms. The molecule has 0 fully saturated rings. The van der Waals surface area contributed by atoms with Crippen molar-refractivity contribution in [2.45, 2.75) is 0 Å². The first-order chi connectivity index (χ1) is 8.56. The third kappa shape index (κ3) is 2.55. The Hall–Kier alpha value is -2.62. The normalized spacial score (nSPS) is 10.9. The summed E-state index contributed by atoms with van der Waals surface area (Å²) in [6.07, 6.45) is 3.24. The smallest absolute Gasteiger partial charge is 0.165 e. The number of phenolic OH excluding ortho intramolecular Hbond substituents is 4. The van der Waals surface area contributed by atoms with Crippen molar-refractivity contribution in [1.29, 1.82) is 0 Å². The van der Waals surface area contributed by atoms with Gasteiger partial charge in [0.05, 0.1) is 0 Å². The minimum Gasteiger partial charge on any atom is -0.508 e. The van der Waals surface area contributed by atoms with Crippen LogP contribution in [-0.4, -0.2) is 20.4 Å². The van der Waals surface area contributed by atoms with Gasteiger partial charge in [-0.2, -0.15) is 0 Å². The highest BCUT2D eigenvalue weighted by molar-refractivity contribution is 5.75. The number of aromatic hydroxyl groups is 4. The molecule has 2 rings (SSSR count). The summed E-state index contributed by atoms with van der Waals surface area (Å²) in [5.41, 5.74) is 1.12. The molecule has 0 spiro atoms. The van der Waals surface area contributed by atoms with Gasteiger partial charge < -0.3 is 20.4 Å². The first-order valence-electron chi connectivity index (χ1n) is 5.28. The monoisotopic (exact) mass is 244 g/mol. The average molecular weight is 244 g/mol. The highest BCUT2D eigenvalue weighted by atomic mass is 16.3. The second kappa shape index (κ2) is 4.71. The zero-order chi connectivity index (χ0) is 13.1. The lowest BCUT2D eigenvalue weighted by Gasteiger charge is -2.03. The van der Waals surface area contributed by atoms with E-state index in [9.17, 15) is 15.3 Å². The largest absolute Gasteiger partial charge is 0.508 e. The van der Waals surface area contributed by atoms with E-state index in [4.69, 9.17) is 5.11 Å². The molecule has 0 radical (unpaired) electrons. The quantitative estimate of drug-likeness (QED) is 0.372. The van der Waals surface area contributed by atoms with Crippen molar-refractivity contribution in [3.8, 4) is 23.0 Å². The number of benzene rings is 2. The Balaban J connectivity index is 2.31. The maximum absolute atomic E-state index is 9.59. The summed E-state index contributed by atoms with van der Waals surface area (Å²) in [6, 6.07) is 8.88. The molecule has 0 heterocycles. The van der Waals surface area contributed by atoms with E-state index in [1.807, 2.05) is 0 Å². The molecule has 4 nitrogen and oxygen atoms in total. The lowest BCUT2D eigenvalue weighted by atomic mass is 10.1. The molecule has 0 aliphatic carbocycles. The molecule has 0 amide bonds. The third-order valence-electron chi connectivity index (χ3n) is 2.45. The fourth-order valence-corrected chi connectivity index (χ4v) is 1.52. The van der Waals surface area contributed by atoms with E-state index in [2.05, 4.69) is 0 Å². The Bertz CT molecular complexity index is 585. The Morgan fingerprint density at radius 2 is 1.39 bits per heavy atom. The van der Waals surface area contributed by atoms with Crippen LogP contribution in [0.4, 0.5) is 0 Å². The number of hydrogen-bond acceptors (Lipinski definition) is 4. The van der Waals surface area contributed by atoms with Crippen LogP contribution in [0.15, 0.2) is 36.4 Å². The second-order valence-corrected chi connectivity index (χ2v) is 3.83. The van der Waals surface area contributed by atoms with E-state index >= 15 is 0 Å². The Kier molecular flexibility index (Phi) is 3.10. The van der Waals surface area contributed by atoms with E-state index in [-0.39, 0.29) is 23.0 Å². The van der Waals surface area contributed by atoms with Gasteiger partial charge in [-0.3, -0.25) is 0 Å². The van der Waals surface area contributed by atoms with Crippen molar-refractivity contribution in [3.05, 3.63) is 47.5 Å². The van der Waals surface area contributed by atoms with Crippen molar-refractivity contribution in [1.82, 2.24) is 0 Å². The first-order valence-corrected chi connectivity index (χ1v) is 5.28. The van der Waals surface area contributed by atoms with Gasteiger partial charge in [-0.25, -0.2) is 0 Å². The Morgan fingerprint density at radius 3 is 2.06 bits per heavy atom. The summed E-state index contributed by atoms with van der Waals surface area (Å²) < 4.78 is 0. The molecule has 2 aromatic rings. The van der Waals surface area contributed by atoms with Gasteiger partial charge >= 0.3 is 0 Å². The van der Waals surface area contributed by atoms with Crippen molar-refractivity contribution in [2.24, 2.45) is 0 Å². The summed E-state index contributed by atoms with van der Waals surface area (Å²) in [6.45, 7) is 0. The molecule has 2 aromatic carbocycles. The summed E-state index contributed by atoms with van der Waals surface area (Å²) in [5, 5.41) is 37.4. The summed E-state index contributed by atoms with van der Waals surface area (Å²) in [7, 11) is 0. The Morgan fingerprint density at radius 1 is 0.722 bits per heavy atom. The van der Waals surface area contributed by atoms with Crippen LogP contribution in [0.25, 0.3) is 12.2 Å². The van der Waals surface area contributed by atoms with Crippen LogP contribution in [0.3, 0.4) is 0 Å². The van der Waals surface area contributed by atoms with E-state index < -0.39 is 0 Å². The highest BCUT2D eigenvalue weighted by Crippen LogP contribution is 2.34. The van der Waals surface area contributed by atoms with Crippen LogP contribution in [0.2, 0.25) is 0 Å². The molecule has 0 aliphatic rings. The van der Waals surface area contributed by atoms with Crippen LogP contribution in [0.5, 0.6) is 23.0 Å². The van der Waals surface area contributed by atoms with Crippen molar-refractivity contribution < 1.29 is 20.4 Å². The summed E-state index contributed by atoms with van der Waals surface area (Å²) in [5.74, 6) is -0.621.